The summed E-state index contributed by atoms with van der Waals surface area (Å²) in [5.41, 5.74) is 2.41. The normalized spacial score (nSPS) is 10.8. The summed E-state index contributed by atoms with van der Waals surface area (Å²) in [6, 6.07) is 14.8. The molecular formula is C19H21N5O2. The molecule has 2 aromatic carbocycles. The number of carbonyl (C=O) groups excluding carboxylic acids is 1. The number of nitrogens with zero attached hydrogens (tertiary/aromatic N) is 4. The Bertz CT molecular complexity index is 887. The van der Waals surface area contributed by atoms with Gasteiger partial charge in [-0.15, -0.1) is 5.10 Å². The molecule has 0 saturated carbocycles. The van der Waals surface area contributed by atoms with Crippen molar-refractivity contribution in [3.05, 3.63) is 65.5 Å². The smallest absolute Gasteiger partial charge is 0.255 e. The molecule has 1 heterocycles. The highest BCUT2D eigenvalue weighted by atomic mass is 16.5. The van der Waals surface area contributed by atoms with Crippen LogP contribution in [0.5, 0.6) is 5.75 Å². The van der Waals surface area contributed by atoms with E-state index < -0.39 is 0 Å². The summed E-state index contributed by atoms with van der Waals surface area (Å²) in [4.78, 5) is 12.4. The summed E-state index contributed by atoms with van der Waals surface area (Å²) in [7, 11) is 0. The molecule has 0 aliphatic rings. The minimum Gasteiger partial charge on any atom is -0.486 e. The zero-order valence-electron chi connectivity index (χ0n) is 15.0. The molecule has 0 atom stereocenters. The summed E-state index contributed by atoms with van der Waals surface area (Å²) in [6.45, 7) is 6.22. The summed E-state index contributed by atoms with van der Waals surface area (Å²) in [5.74, 6) is 1.03. The molecule has 1 aromatic heterocycles. The fraction of sp³-hybridized carbons (Fsp3) is 0.263. The lowest BCUT2D eigenvalue weighted by molar-refractivity contribution is 0.102. The summed E-state index contributed by atoms with van der Waals surface area (Å²) in [6.07, 6.45) is 0. The van der Waals surface area contributed by atoms with Gasteiger partial charge in [0, 0.05) is 11.3 Å². The Balaban J connectivity index is 1.66. The lowest BCUT2D eigenvalue weighted by Gasteiger charge is -2.10. The lowest BCUT2D eigenvalue weighted by atomic mass is 10.2. The second-order valence-corrected chi connectivity index (χ2v) is 6.27. The minimum absolute atomic E-state index is 0.148. The fourth-order valence-corrected chi connectivity index (χ4v) is 2.42. The average molecular weight is 351 g/mol. The van der Waals surface area contributed by atoms with Gasteiger partial charge in [0.25, 0.3) is 5.91 Å². The fourth-order valence-electron chi connectivity index (χ4n) is 2.42. The number of tetrazole rings is 1. The van der Waals surface area contributed by atoms with E-state index in [-0.39, 0.29) is 18.6 Å². The number of ether oxygens (including phenoxy) is 1. The van der Waals surface area contributed by atoms with Crippen molar-refractivity contribution >= 4 is 11.6 Å². The molecule has 3 rings (SSSR count). The first-order valence-electron chi connectivity index (χ1n) is 8.40. The number of hydrogen-bond acceptors (Lipinski definition) is 5. The molecule has 7 heteroatoms. The number of rotatable bonds is 6. The summed E-state index contributed by atoms with van der Waals surface area (Å²) < 4.78 is 7.46. The van der Waals surface area contributed by atoms with Crippen molar-refractivity contribution < 1.29 is 9.53 Å². The Morgan fingerprint density at radius 3 is 2.69 bits per heavy atom. The largest absolute Gasteiger partial charge is 0.486 e. The molecule has 0 spiro atoms. The van der Waals surface area contributed by atoms with Crippen LogP contribution in [0, 0.1) is 6.92 Å². The van der Waals surface area contributed by atoms with Gasteiger partial charge in [0.05, 0.1) is 6.04 Å². The monoisotopic (exact) mass is 351 g/mol. The van der Waals surface area contributed by atoms with Crippen LogP contribution in [0.3, 0.4) is 0 Å². The van der Waals surface area contributed by atoms with Crippen LogP contribution in [0.25, 0.3) is 0 Å². The van der Waals surface area contributed by atoms with Crippen molar-refractivity contribution in [1.29, 1.82) is 0 Å². The Morgan fingerprint density at radius 2 is 1.96 bits per heavy atom. The Morgan fingerprint density at radius 1 is 1.19 bits per heavy atom. The van der Waals surface area contributed by atoms with Crippen molar-refractivity contribution in [2.75, 3.05) is 5.32 Å². The van der Waals surface area contributed by atoms with Crippen LogP contribution < -0.4 is 10.1 Å². The SMILES string of the molecule is Cc1ccc(NC(=O)c2cccc(OCc3nnnn3C(C)C)c2)cc1. The minimum atomic E-state index is -0.189. The molecule has 0 saturated heterocycles. The van der Waals surface area contributed by atoms with E-state index in [1.54, 1.807) is 28.9 Å². The number of aromatic nitrogens is 4. The van der Waals surface area contributed by atoms with E-state index in [4.69, 9.17) is 4.74 Å². The highest BCUT2D eigenvalue weighted by Crippen LogP contribution is 2.17. The van der Waals surface area contributed by atoms with Crippen LogP contribution in [0.4, 0.5) is 5.69 Å². The topological polar surface area (TPSA) is 81.9 Å². The van der Waals surface area contributed by atoms with Crippen LogP contribution in [0.2, 0.25) is 0 Å². The van der Waals surface area contributed by atoms with Gasteiger partial charge in [-0.3, -0.25) is 4.79 Å². The third-order valence-electron chi connectivity index (χ3n) is 3.82. The third-order valence-corrected chi connectivity index (χ3v) is 3.82. The first-order valence-corrected chi connectivity index (χ1v) is 8.40. The molecule has 0 aliphatic heterocycles. The van der Waals surface area contributed by atoms with Crippen molar-refractivity contribution in [3.63, 3.8) is 0 Å². The molecule has 0 unspecified atom stereocenters. The third kappa shape index (κ3) is 4.24. The molecule has 26 heavy (non-hydrogen) atoms. The van der Waals surface area contributed by atoms with Crippen molar-refractivity contribution in [2.24, 2.45) is 0 Å². The second-order valence-electron chi connectivity index (χ2n) is 6.27. The van der Waals surface area contributed by atoms with Gasteiger partial charge in [-0.1, -0.05) is 23.8 Å². The molecule has 0 fully saturated rings. The van der Waals surface area contributed by atoms with Crippen LogP contribution >= 0.6 is 0 Å². The number of benzene rings is 2. The molecule has 0 radical (unpaired) electrons. The number of carbonyl (C=O) groups is 1. The summed E-state index contributed by atoms with van der Waals surface area (Å²) >= 11 is 0. The average Bonchev–Trinajstić information content (AvgIpc) is 3.11. The molecule has 7 nitrogen and oxygen atoms in total. The van der Waals surface area contributed by atoms with Gasteiger partial charge in [0.15, 0.2) is 5.82 Å². The van der Waals surface area contributed by atoms with E-state index in [0.717, 1.165) is 11.3 Å². The first-order chi connectivity index (χ1) is 12.5. The van der Waals surface area contributed by atoms with Crippen molar-refractivity contribution in [3.8, 4) is 5.75 Å². The Hall–Kier alpha value is -3.22. The van der Waals surface area contributed by atoms with E-state index >= 15 is 0 Å². The lowest BCUT2D eigenvalue weighted by Crippen LogP contribution is -2.13. The molecular weight excluding hydrogens is 330 g/mol. The van der Waals surface area contributed by atoms with E-state index in [0.29, 0.717) is 17.1 Å². The Labute approximate surface area is 152 Å². The quantitative estimate of drug-likeness (QED) is 0.736. The highest BCUT2D eigenvalue weighted by molar-refractivity contribution is 6.04. The number of anilines is 1. The van der Waals surface area contributed by atoms with E-state index in [9.17, 15) is 4.79 Å². The van der Waals surface area contributed by atoms with E-state index in [1.807, 2.05) is 45.0 Å². The maximum absolute atomic E-state index is 12.4. The zero-order chi connectivity index (χ0) is 18.5. The molecule has 1 N–H and O–H groups in total. The number of nitrogens with one attached hydrogen (secondary N) is 1. The van der Waals surface area contributed by atoms with Gasteiger partial charge in [-0.25, -0.2) is 4.68 Å². The van der Waals surface area contributed by atoms with Gasteiger partial charge in [0.2, 0.25) is 0 Å². The Kier molecular flexibility index (Phi) is 5.26. The predicted octanol–water partition coefficient (Wildman–Crippen LogP) is 3.39. The van der Waals surface area contributed by atoms with Crippen LogP contribution in [-0.2, 0) is 6.61 Å². The molecule has 0 bridgehead atoms. The van der Waals surface area contributed by atoms with E-state index in [1.165, 1.54) is 0 Å². The van der Waals surface area contributed by atoms with Gasteiger partial charge in [-0.05, 0) is 61.5 Å². The van der Waals surface area contributed by atoms with Gasteiger partial charge >= 0.3 is 0 Å². The predicted molar refractivity (Wildman–Crippen MR) is 98.1 cm³/mol. The maximum Gasteiger partial charge on any atom is 0.255 e. The zero-order valence-corrected chi connectivity index (χ0v) is 15.0. The number of aryl methyl sites for hydroxylation is 1. The van der Waals surface area contributed by atoms with Gasteiger partial charge in [0.1, 0.15) is 12.4 Å². The van der Waals surface area contributed by atoms with Crippen molar-refractivity contribution in [1.82, 2.24) is 20.2 Å². The standard InChI is InChI=1S/C19H21N5O2/c1-13(2)24-18(21-22-23-24)12-26-17-6-4-5-15(11-17)19(25)20-16-9-7-14(3)8-10-16/h4-11,13H,12H2,1-3H3,(H,20,25). The van der Waals surface area contributed by atoms with Crippen LogP contribution in [0.15, 0.2) is 48.5 Å². The maximum atomic E-state index is 12.4. The highest BCUT2D eigenvalue weighted by Gasteiger charge is 2.11. The molecule has 1 amide bonds. The van der Waals surface area contributed by atoms with Crippen molar-refractivity contribution in [2.45, 2.75) is 33.4 Å². The van der Waals surface area contributed by atoms with Crippen LogP contribution in [0.1, 0.15) is 41.6 Å². The van der Waals surface area contributed by atoms with Crippen LogP contribution in [-0.4, -0.2) is 26.1 Å². The van der Waals surface area contributed by atoms with E-state index in [2.05, 4.69) is 20.8 Å². The molecule has 3 aromatic rings. The van der Waals surface area contributed by atoms with Gasteiger partial charge in [-0.2, -0.15) is 0 Å². The second kappa shape index (κ2) is 7.77. The number of amides is 1. The number of hydrogen-bond donors (Lipinski definition) is 1. The molecule has 0 aliphatic carbocycles. The molecule has 134 valence electrons. The first kappa shape index (κ1) is 17.6. The van der Waals surface area contributed by atoms with Gasteiger partial charge < -0.3 is 10.1 Å². The summed E-state index contributed by atoms with van der Waals surface area (Å²) in [5, 5.41) is 14.5.